The molecule has 0 saturated heterocycles. The Labute approximate surface area is 160 Å². The van der Waals surface area contributed by atoms with E-state index in [-0.39, 0.29) is 24.3 Å². The molecule has 2 N–H and O–H groups in total. The first-order valence-corrected chi connectivity index (χ1v) is 9.35. The number of halogens is 2. The molecule has 1 saturated carbocycles. The van der Waals surface area contributed by atoms with Crippen LogP contribution in [0.5, 0.6) is 0 Å². The first kappa shape index (κ1) is 17.4. The van der Waals surface area contributed by atoms with Crippen molar-refractivity contribution in [1.82, 2.24) is 20.4 Å². The van der Waals surface area contributed by atoms with Crippen LogP contribution in [0.2, 0.25) is 10.0 Å². The Kier molecular flexibility index (Phi) is 4.63. The van der Waals surface area contributed by atoms with Crippen molar-refractivity contribution in [2.24, 2.45) is 0 Å². The SMILES string of the molecule is O=C(NC1CC1)c1n[nH]c2c1CN(C(=O)Cc1ccc(Cl)cc1Cl)CC2. The van der Waals surface area contributed by atoms with Crippen LogP contribution in [-0.4, -0.2) is 39.5 Å². The van der Waals surface area contributed by atoms with Crippen LogP contribution >= 0.6 is 23.2 Å². The fourth-order valence-corrected chi connectivity index (χ4v) is 3.59. The number of aromatic nitrogens is 2. The van der Waals surface area contributed by atoms with Crippen LogP contribution in [-0.2, 0) is 24.2 Å². The molecule has 0 bridgehead atoms. The number of nitrogens with zero attached hydrogens (tertiary/aromatic N) is 2. The Morgan fingerprint density at radius 1 is 1.31 bits per heavy atom. The van der Waals surface area contributed by atoms with Gasteiger partial charge in [-0.15, -0.1) is 0 Å². The van der Waals surface area contributed by atoms with E-state index in [9.17, 15) is 9.59 Å². The molecule has 2 aliphatic rings. The van der Waals surface area contributed by atoms with Gasteiger partial charge in [0.05, 0.1) is 6.42 Å². The summed E-state index contributed by atoms with van der Waals surface area (Å²) in [7, 11) is 0. The van der Waals surface area contributed by atoms with Crippen molar-refractivity contribution in [2.45, 2.75) is 38.3 Å². The van der Waals surface area contributed by atoms with Crippen molar-refractivity contribution < 1.29 is 9.59 Å². The molecule has 136 valence electrons. The fraction of sp³-hybridized carbons (Fsp3) is 0.389. The molecule has 26 heavy (non-hydrogen) atoms. The number of hydrogen-bond donors (Lipinski definition) is 2. The van der Waals surface area contributed by atoms with Gasteiger partial charge >= 0.3 is 0 Å². The highest BCUT2D eigenvalue weighted by molar-refractivity contribution is 6.35. The lowest BCUT2D eigenvalue weighted by molar-refractivity contribution is -0.131. The van der Waals surface area contributed by atoms with Crippen molar-refractivity contribution in [3.05, 3.63) is 50.8 Å². The first-order chi connectivity index (χ1) is 12.5. The molecule has 1 aromatic carbocycles. The van der Waals surface area contributed by atoms with Crippen molar-refractivity contribution in [1.29, 1.82) is 0 Å². The fourth-order valence-electron chi connectivity index (χ4n) is 3.12. The second-order valence-electron chi connectivity index (χ2n) is 6.75. The monoisotopic (exact) mass is 392 g/mol. The molecule has 1 fully saturated rings. The van der Waals surface area contributed by atoms with Crippen LogP contribution in [0.1, 0.15) is 40.2 Å². The predicted octanol–water partition coefficient (Wildman–Crippen LogP) is 2.74. The number of H-pyrrole nitrogens is 1. The maximum atomic E-state index is 12.7. The summed E-state index contributed by atoms with van der Waals surface area (Å²) in [6.07, 6.45) is 2.89. The van der Waals surface area contributed by atoms with Gasteiger partial charge in [-0.2, -0.15) is 5.10 Å². The van der Waals surface area contributed by atoms with E-state index in [2.05, 4.69) is 15.5 Å². The minimum atomic E-state index is -0.167. The number of benzene rings is 1. The molecule has 0 unspecified atom stereocenters. The topological polar surface area (TPSA) is 78.1 Å². The minimum absolute atomic E-state index is 0.0328. The van der Waals surface area contributed by atoms with Gasteiger partial charge in [-0.25, -0.2) is 0 Å². The Morgan fingerprint density at radius 3 is 2.85 bits per heavy atom. The summed E-state index contributed by atoms with van der Waals surface area (Å²) in [6.45, 7) is 0.964. The molecular weight excluding hydrogens is 375 g/mol. The van der Waals surface area contributed by atoms with Gasteiger partial charge in [0.25, 0.3) is 5.91 Å². The average Bonchev–Trinajstić information content (AvgIpc) is 3.32. The van der Waals surface area contributed by atoms with Gasteiger partial charge in [0.1, 0.15) is 0 Å². The van der Waals surface area contributed by atoms with Crippen molar-refractivity contribution in [3.63, 3.8) is 0 Å². The van der Waals surface area contributed by atoms with Crippen LogP contribution in [0.25, 0.3) is 0 Å². The average molecular weight is 393 g/mol. The highest BCUT2D eigenvalue weighted by Crippen LogP contribution is 2.25. The summed E-state index contributed by atoms with van der Waals surface area (Å²) >= 11 is 12.1. The van der Waals surface area contributed by atoms with E-state index < -0.39 is 0 Å². The predicted molar refractivity (Wildman–Crippen MR) is 98.4 cm³/mol. The molecule has 1 aliphatic heterocycles. The largest absolute Gasteiger partial charge is 0.348 e. The number of hydrogen-bond acceptors (Lipinski definition) is 3. The summed E-state index contributed by atoms with van der Waals surface area (Å²) in [6, 6.07) is 5.39. The lowest BCUT2D eigenvalue weighted by Gasteiger charge is -2.27. The third kappa shape index (κ3) is 3.57. The standard InChI is InChI=1S/C18H18Cl2N4O2/c19-11-2-1-10(14(20)8-11)7-16(25)24-6-5-15-13(9-24)17(23-22-15)18(26)21-12-3-4-12/h1-2,8,12H,3-7,9H2,(H,21,26)(H,22,23). The number of fused-ring (bicyclic) bond motifs is 1. The second-order valence-corrected chi connectivity index (χ2v) is 7.60. The van der Waals surface area contributed by atoms with Crippen LogP contribution < -0.4 is 5.32 Å². The van der Waals surface area contributed by atoms with Gasteiger partial charge in [-0.3, -0.25) is 14.7 Å². The van der Waals surface area contributed by atoms with Crippen molar-refractivity contribution in [2.75, 3.05) is 6.54 Å². The minimum Gasteiger partial charge on any atom is -0.348 e. The third-order valence-corrected chi connectivity index (χ3v) is 5.36. The van der Waals surface area contributed by atoms with Gasteiger partial charge < -0.3 is 10.2 Å². The zero-order valence-corrected chi connectivity index (χ0v) is 15.5. The molecule has 2 amide bonds. The summed E-state index contributed by atoms with van der Waals surface area (Å²) in [5.74, 6) is -0.199. The molecule has 2 aromatic rings. The second kappa shape index (κ2) is 6.93. The van der Waals surface area contributed by atoms with Crippen LogP contribution in [0, 0.1) is 0 Å². The molecule has 0 radical (unpaired) electrons. The molecular formula is C18H18Cl2N4O2. The van der Waals surface area contributed by atoms with Gasteiger partial charge in [0, 0.05) is 46.9 Å². The maximum Gasteiger partial charge on any atom is 0.272 e. The van der Waals surface area contributed by atoms with E-state index in [4.69, 9.17) is 23.2 Å². The molecule has 8 heteroatoms. The van der Waals surface area contributed by atoms with E-state index in [1.54, 1.807) is 23.1 Å². The normalized spacial score (nSPS) is 16.3. The highest BCUT2D eigenvalue weighted by Gasteiger charge is 2.30. The van der Waals surface area contributed by atoms with E-state index >= 15 is 0 Å². The molecule has 0 atom stereocenters. The Morgan fingerprint density at radius 2 is 2.12 bits per heavy atom. The maximum absolute atomic E-state index is 12.7. The summed E-state index contributed by atoms with van der Waals surface area (Å²) in [5.41, 5.74) is 2.88. The smallest absolute Gasteiger partial charge is 0.272 e. The first-order valence-electron chi connectivity index (χ1n) is 8.60. The molecule has 1 aliphatic carbocycles. The number of carbonyl (C=O) groups is 2. The molecule has 1 aromatic heterocycles. The number of amides is 2. The van der Waals surface area contributed by atoms with Crippen LogP contribution in [0.4, 0.5) is 0 Å². The van der Waals surface area contributed by atoms with Crippen LogP contribution in [0.3, 0.4) is 0 Å². The summed E-state index contributed by atoms with van der Waals surface area (Å²) in [5, 5.41) is 11.1. The van der Waals surface area contributed by atoms with E-state index in [0.29, 0.717) is 35.2 Å². The summed E-state index contributed by atoms with van der Waals surface area (Å²) < 4.78 is 0. The number of aromatic amines is 1. The number of nitrogens with one attached hydrogen (secondary N) is 2. The molecule has 0 spiro atoms. The zero-order valence-electron chi connectivity index (χ0n) is 14.0. The quantitative estimate of drug-likeness (QED) is 0.839. The van der Waals surface area contributed by atoms with Gasteiger partial charge in [-0.1, -0.05) is 29.3 Å². The lowest BCUT2D eigenvalue weighted by Crippen LogP contribution is -2.38. The van der Waals surface area contributed by atoms with Crippen molar-refractivity contribution in [3.8, 4) is 0 Å². The van der Waals surface area contributed by atoms with Crippen molar-refractivity contribution >= 4 is 35.0 Å². The highest BCUT2D eigenvalue weighted by atomic mass is 35.5. The molecule has 4 rings (SSSR count). The lowest BCUT2D eigenvalue weighted by atomic mass is 10.0. The van der Waals surface area contributed by atoms with Gasteiger partial charge in [0.15, 0.2) is 5.69 Å². The number of carbonyl (C=O) groups excluding carboxylic acids is 2. The number of rotatable bonds is 4. The van der Waals surface area contributed by atoms with E-state index in [1.165, 1.54) is 0 Å². The van der Waals surface area contributed by atoms with E-state index in [1.807, 2.05) is 0 Å². The third-order valence-electron chi connectivity index (χ3n) is 4.77. The Balaban J connectivity index is 1.47. The van der Waals surface area contributed by atoms with E-state index in [0.717, 1.165) is 29.7 Å². The molecule has 6 nitrogen and oxygen atoms in total. The van der Waals surface area contributed by atoms with Crippen LogP contribution in [0.15, 0.2) is 18.2 Å². The van der Waals surface area contributed by atoms with Gasteiger partial charge in [-0.05, 0) is 30.5 Å². The Hall–Kier alpha value is -2.05. The summed E-state index contributed by atoms with van der Waals surface area (Å²) in [4.78, 5) is 26.8. The molecule has 2 heterocycles. The Bertz CT molecular complexity index is 876. The zero-order chi connectivity index (χ0) is 18.3. The van der Waals surface area contributed by atoms with Gasteiger partial charge in [0.2, 0.25) is 5.91 Å².